The van der Waals surface area contributed by atoms with Crippen molar-refractivity contribution in [3.63, 3.8) is 0 Å². The van der Waals surface area contributed by atoms with E-state index in [4.69, 9.17) is 4.74 Å². The summed E-state index contributed by atoms with van der Waals surface area (Å²) in [5.74, 6) is -2.83. The standard InChI is InChI=1S/C30H18F2N2O5/c31-25-7-3-1-5-17(25)15-33-27(35)21-11-9-19(13-23(21)29(33)37)39-20-10-12-22-24(14-20)30(38)34(28(22)36)16-18-6-2-4-8-26(18)32/h1-14H,15-16H2. The van der Waals surface area contributed by atoms with Gasteiger partial charge in [0.1, 0.15) is 23.1 Å². The van der Waals surface area contributed by atoms with E-state index in [0.29, 0.717) is 0 Å². The lowest BCUT2D eigenvalue weighted by Gasteiger charge is -2.14. The maximum Gasteiger partial charge on any atom is 0.262 e. The molecular formula is C30H18F2N2O5. The monoisotopic (exact) mass is 524 g/mol. The van der Waals surface area contributed by atoms with Crippen molar-refractivity contribution in [2.45, 2.75) is 13.1 Å². The van der Waals surface area contributed by atoms with Crippen LogP contribution in [0, 0.1) is 11.6 Å². The number of fused-ring (bicyclic) bond motifs is 2. The number of hydrogen-bond donors (Lipinski definition) is 0. The summed E-state index contributed by atoms with van der Waals surface area (Å²) >= 11 is 0. The SMILES string of the molecule is O=C1c2ccc(Oc3ccc4c(c3)C(=O)N(Cc3ccccc3F)C4=O)cc2C(=O)N1Cc1ccccc1F. The summed E-state index contributed by atoms with van der Waals surface area (Å²) in [6, 6.07) is 20.5. The van der Waals surface area contributed by atoms with Gasteiger partial charge in [-0.05, 0) is 48.5 Å². The minimum atomic E-state index is -0.581. The van der Waals surface area contributed by atoms with Crippen molar-refractivity contribution in [1.29, 1.82) is 0 Å². The molecule has 0 spiro atoms. The van der Waals surface area contributed by atoms with Gasteiger partial charge in [0.2, 0.25) is 0 Å². The first-order valence-corrected chi connectivity index (χ1v) is 12.0. The molecule has 0 unspecified atom stereocenters. The summed E-state index contributed by atoms with van der Waals surface area (Å²) in [4.78, 5) is 53.5. The zero-order valence-corrected chi connectivity index (χ0v) is 20.2. The van der Waals surface area contributed by atoms with Crippen LogP contribution < -0.4 is 4.74 Å². The quantitative estimate of drug-likeness (QED) is 0.318. The molecule has 2 heterocycles. The van der Waals surface area contributed by atoms with E-state index in [2.05, 4.69) is 0 Å². The average Bonchev–Trinajstić information content (AvgIpc) is 3.31. The van der Waals surface area contributed by atoms with E-state index in [1.165, 1.54) is 72.8 Å². The molecule has 4 aromatic rings. The smallest absolute Gasteiger partial charge is 0.262 e. The second-order valence-electron chi connectivity index (χ2n) is 9.09. The Morgan fingerprint density at radius 1 is 0.513 bits per heavy atom. The van der Waals surface area contributed by atoms with Crippen molar-refractivity contribution in [2.24, 2.45) is 0 Å². The summed E-state index contributed by atoms with van der Waals surface area (Å²) < 4.78 is 34.0. The molecule has 0 fully saturated rings. The molecule has 0 N–H and O–H groups in total. The van der Waals surface area contributed by atoms with Gasteiger partial charge in [-0.2, -0.15) is 0 Å². The highest BCUT2D eigenvalue weighted by Gasteiger charge is 2.37. The van der Waals surface area contributed by atoms with Crippen molar-refractivity contribution < 1.29 is 32.7 Å². The highest BCUT2D eigenvalue weighted by atomic mass is 19.1. The highest BCUT2D eigenvalue weighted by molar-refractivity contribution is 6.22. The third kappa shape index (κ3) is 4.14. The number of halogens is 2. The molecule has 0 radical (unpaired) electrons. The van der Waals surface area contributed by atoms with Crippen LogP contribution in [-0.2, 0) is 13.1 Å². The highest BCUT2D eigenvalue weighted by Crippen LogP contribution is 2.33. The topological polar surface area (TPSA) is 84.0 Å². The Labute approximate surface area is 220 Å². The Morgan fingerprint density at radius 3 is 1.31 bits per heavy atom. The van der Waals surface area contributed by atoms with Gasteiger partial charge < -0.3 is 4.74 Å². The van der Waals surface area contributed by atoms with E-state index in [0.717, 1.165) is 9.80 Å². The second-order valence-corrected chi connectivity index (χ2v) is 9.09. The largest absolute Gasteiger partial charge is 0.457 e. The van der Waals surface area contributed by atoms with Crippen LogP contribution in [0.25, 0.3) is 0 Å². The van der Waals surface area contributed by atoms with Gasteiger partial charge in [-0.1, -0.05) is 36.4 Å². The number of amides is 4. The van der Waals surface area contributed by atoms with Crippen LogP contribution in [0.3, 0.4) is 0 Å². The van der Waals surface area contributed by atoms with Crippen LogP contribution in [0.15, 0.2) is 84.9 Å². The molecule has 6 rings (SSSR count). The summed E-state index contributed by atoms with van der Waals surface area (Å²) in [5.41, 5.74) is 0.980. The maximum absolute atomic E-state index is 14.1. The summed E-state index contributed by atoms with van der Waals surface area (Å²) in [7, 11) is 0. The van der Waals surface area contributed by atoms with Gasteiger partial charge in [0, 0.05) is 11.1 Å². The van der Waals surface area contributed by atoms with Crippen LogP contribution >= 0.6 is 0 Å². The summed E-state index contributed by atoms with van der Waals surface area (Å²) in [5, 5.41) is 0. The predicted molar refractivity (Wildman–Crippen MR) is 134 cm³/mol. The first kappa shape index (κ1) is 24.2. The number of carbonyl (C=O) groups is 4. The van der Waals surface area contributed by atoms with Gasteiger partial charge in [0.25, 0.3) is 23.6 Å². The number of nitrogens with zero attached hydrogens (tertiary/aromatic N) is 2. The lowest BCUT2D eigenvalue weighted by molar-refractivity contribution is 0.0625. The van der Waals surface area contributed by atoms with Gasteiger partial charge in [0.05, 0.1) is 35.3 Å². The zero-order chi connectivity index (χ0) is 27.3. The number of rotatable bonds is 6. The number of imide groups is 2. The molecule has 2 aliphatic heterocycles. The van der Waals surface area contributed by atoms with E-state index >= 15 is 0 Å². The Bertz CT molecular complexity index is 1590. The molecule has 2 aliphatic rings. The molecule has 7 nitrogen and oxygen atoms in total. The molecule has 9 heteroatoms. The average molecular weight is 524 g/mol. The first-order valence-electron chi connectivity index (χ1n) is 12.0. The third-order valence-electron chi connectivity index (χ3n) is 6.69. The Morgan fingerprint density at radius 2 is 0.897 bits per heavy atom. The molecule has 39 heavy (non-hydrogen) atoms. The molecule has 0 aromatic heterocycles. The molecule has 4 amide bonds. The van der Waals surface area contributed by atoms with Crippen molar-refractivity contribution in [1.82, 2.24) is 9.80 Å². The van der Waals surface area contributed by atoms with Crippen LogP contribution in [0.5, 0.6) is 11.5 Å². The van der Waals surface area contributed by atoms with Gasteiger partial charge in [-0.15, -0.1) is 0 Å². The first-order chi connectivity index (χ1) is 18.8. The van der Waals surface area contributed by atoms with Crippen molar-refractivity contribution >= 4 is 23.6 Å². The molecule has 192 valence electrons. The number of benzene rings is 4. The van der Waals surface area contributed by atoms with E-state index in [1.807, 2.05) is 0 Å². The van der Waals surface area contributed by atoms with Gasteiger partial charge in [-0.3, -0.25) is 29.0 Å². The van der Waals surface area contributed by atoms with Gasteiger partial charge >= 0.3 is 0 Å². The molecule has 0 saturated carbocycles. The molecule has 4 aromatic carbocycles. The van der Waals surface area contributed by atoms with E-state index in [-0.39, 0.29) is 58.0 Å². The summed E-state index contributed by atoms with van der Waals surface area (Å²) in [6.07, 6.45) is 0. The lowest BCUT2D eigenvalue weighted by atomic mass is 10.1. The molecule has 0 atom stereocenters. The zero-order valence-electron chi connectivity index (χ0n) is 20.2. The number of ether oxygens (including phenoxy) is 1. The normalized spacial score (nSPS) is 14.2. The van der Waals surface area contributed by atoms with Crippen LogP contribution in [-0.4, -0.2) is 33.4 Å². The summed E-state index contributed by atoms with van der Waals surface area (Å²) in [6.45, 7) is -0.418. The van der Waals surface area contributed by atoms with Crippen molar-refractivity contribution in [3.8, 4) is 11.5 Å². The fourth-order valence-corrected chi connectivity index (χ4v) is 4.68. The molecule has 0 aliphatic carbocycles. The van der Waals surface area contributed by atoms with Gasteiger partial charge in [-0.25, -0.2) is 8.78 Å². The van der Waals surface area contributed by atoms with Crippen molar-refractivity contribution in [3.05, 3.63) is 130 Å². The van der Waals surface area contributed by atoms with Crippen LogP contribution in [0.4, 0.5) is 8.78 Å². The van der Waals surface area contributed by atoms with E-state index in [9.17, 15) is 28.0 Å². The minimum Gasteiger partial charge on any atom is -0.457 e. The lowest BCUT2D eigenvalue weighted by Crippen LogP contribution is -2.29. The number of carbonyl (C=O) groups excluding carboxylic acids is 4. The Balaban J connectivity index is 1.22. The third-order valence-corrected chi connectivity index (χ3v) is 6.69. The van der Waals surface area contributed by atoms with E-state index < -0.39 is 35.3 Å². The van der Waals surface area contributed by atoms with Gasteiger partial charge in [0.15, 0.2) is 0 Å². The Hall–Kier alpha value is -5.18. The fourth-order valence-electron chi connectivity index (χ4n) is 4.68. The Kier molecular flexibility index (Phi) is 5.76. The van der Waals surface area contributed by atoms with Crippen LogP contribution in [0.2, 0.25) is 0 Å². The molecule has 0 bridgehead atoms. The molecule has 0 saturated heterocycles. The second kappa shape index (κ2) is 9.29. The van der Waals surface area contributed by atoms with Crippen LogP contribution in [0.1, 0.15) is 52.6 Å². The predicted octanol–water partition coefficient (Wildman–Crippen LogP) is 5.35. The maximum atomic E-state index is 14.1. The fraction of sp³-hybridized carbons (Fsp3) is 0.0667. The van der Waals surface area contributed by atoms with Crippen molar-refractivity contribution in [2.75, 3.05) is 0 Å². The molecular weight excluding hydrogens is 506 g/mol. The number of hydrogen-bond acceptors (Lipinski definition) is 5. The minimum absolute atomic E-state index is 0.109. The van der Waals surface area contributed by atoms with E-state index in [1.54, 1.807) is 12.1 Å².